The van der Waals surface area contributed by atoms with Crippen LogP contribution in [0.5, 0.6) is 0 Å². The maximum Gasteiger partial charge on any atom is 0.272 e. The van der Waals surface area contributed by atoms with E-state index >= 15 is 0 Å². The van der Waals surface area contributed by atoms with Crippen LogP contribution in [0.25, 0.3) is 6.08 Å². The predicted molar refractivity (Wildman–Crippen MR) is 162 cm³/mol. The minimum Gasteiger partial charge on any atom is -0.325 e. The van der Waals surface area contributed by atoms with E-state index in [0.717, 1.165) is 10.5 Å². The molecule has 0 saturated carbocycles. The van der Waals surface area contributed by atoms with Gasteiger partial charge < -0.3 is 16.0 Å². The van der Waals surface area contributed by atoms with Gasteiger partial charge in [0.05, 0.1) is 5.25 Å². The predicted octanol–water partition coefficient (Wildman–Crippen LogP) is 7.58. The largest absolute Gasteiger partial charge is 0.325 e. The highest BCUT2D eigenvalue weighted by molar-refractivity contribution is 8.00. The Morgan fingerprint density at radius 3 is 2.31 bits per heavy atom. The highest BCUT2D eigenvalue weighted by atomic mass is 35.5. The van der Waals surface area contributed by atoms with Gasteiger partial charge in [-0.3, -0.25) is 14.4 Å². The molecule has 0 aliphatic rings. The summed E-state index contributed by atoms with van der Waals surface area (Å²) in [5.74, 6) is -1.09. The number of hydrogen-bond acceptors (Lipinski definition) is 5. The smallest absolute Gasteiger partial charge is 0.272 e. The van der Waals surface area contributed by atoms with Crippen molar-refractivity contribution in [2.45, 2.75) is 17.1 Å². The Balaban J connectivity index is 1.44. The number of amides is 3. The zero-order valence-corrected chi connectivity index (χ0v) is 23.8. The topological polar surface area (TPSA) is 87.3 Å². The van der Waals surface area contributed by atoms with Crippen molar-refractivity contribution in [2.24, 2.45) is 0 Å². The highest BCUT2D eigenvalue weighted by Crippen LogP contribution is 2.28. The van der Waals surface area contributed by atoms with Gasteiger partial charge in [0.2, 0.25) is 5.91 Å². The van der Waals surface area contributed by atoms with E-state index in [1.165, 1.54) is 23.1 Å². The third-order valence-corrected chi connectivity index (χ3v) is 7.52. The van der Waals surface area contributed by atoms with E-state index in [4.69, 9.17) is 23.2 Å². The zero-order valence-electron chi connectivity index (χ0n) is 20.6. The molecule has 0 bridgehead atoms. The number of thiophene rings is 1. The maximum absolute atomic E-state index is 13.2. The van der Waals surface area contributed by atoms with E-state index in [1.807, 2.05) is 29.0 Å². The van der Waals surface area contributed by atoms with Crippen molar-refractivity contribution < 1.29 is 14.4 Å². The van der Waals surface area contributed by atoms with Crippen LogP contribution < -0.4 is 16.0 Å². The summed E-state index contributed by atoms with van der Waals surface area (Å²) in [6.07, 6.45) is 1.62. The lowest BCUT2D eigenvalue weighted by molar-refractivity contribution is -0.115. The lowest BCUT2D eigenvalue weighted by Crippen LogP contribution is -2.30. The van der Waals surface area contributed by atoms with Crippen LogP contribution in [0.2, 0.25) is 10.0 Å². The molecule has 198 valence electrons. The molecule has 1 unspecified atom stereocenters. The normalized spacial score (nSPS) is 11.9. The monoisotopic (exact) mass is 595 g/mol. The van der Waals surface area contributed by atoms with E-state index in [9.17, 15) is 14.4 Å². The number of rotatable bonds is 9. The van der Waals surface area contributed by atoms with Crippen LogP contribution >= 0.6 is 46.3 Å². The van der Waals surface area contributed by atoms with Crippen molar-refractivity contribution in [3.05, 3.63) is 116 Å². The van der Waals surface area contributed by atoms with E-state index < -0.39 is 17.1 Å². The number of anilines is 2. The molecule has 39 heavy (non-hydrogen) atoms. The first-order valence-electron chi connectivity index (χ1n) is 11.7. The van der Waals surface area contributed by atoms with E-state index in [0.29, 0.717) is 27.0 Å². The van der Waals surface area contributed by atoms with Gasteiger partial charge >= 0.3 is 0 Å². The Hall–Kier alpha value is -3.56. The fourth-order valence-corrected chi connectivity index (χ4v) is 5.51. The molecule has 0 radical (unpaired) electrons. The Kier molecular flexibility index (Phi) is 9.84. The average Bonchev–Trinajstić information content (AvgIpc) is 3.41. The highest BCUT2D eigenvalue weighted by Gasteiger charge is 2.18. The second-order valence-corrected chi connectivity index (χ2v) is 11.4. The first kappa shape index (κ1) is 28.4. The van der Waals surface area contributed by atoms with Gasteiger partial charge in [-0.15, -0.1) is 11.8 Å². The lowest BCUT2D eigenvalue weighted by atomic mass is 10.2. The fraction of sp³-hybridized carbons (Fsp3) is 0.0690. The van der Waals surface area contributed by atoms with Crippen LogP contribution in [-0.2, 0) is 9.59 Å². The number of nitrogens with one attached hydrogen (secondary N) is 3. The summed E-state index contributed by atoms with van der Waals surface area (Å²) in [6.45, 7) is 1.78. The molecule has 0 aliphatic carbocycles. The molecule has 3 N–H and O–H groups in total. The van der Waals surface area contributed by atoms with Crippen molar-refractivity contribution in [3.63, 3.8) is 0 Å². The van der Waals surface area contributed by atoms with Crippen molar-refractivity contribution >= 4 is 81.5 Å². The van der Waals surface area contributed by atoms with E-state index in [2.05, 4.69) is 16.0 Å². The Labute approximate surface area is 244 Å². The fourth-order valence-electron chi connectivity index (χ4n) is 3.44. The molecule has 1 heterocycles. The number of thioether (sulfide) groups is 1. The number of benzene rings is 3. The quantitative estimate of drug-likeness (QED) is 0.137. The Bertz CT molecular complexity index is 1490. The molecule has 3 amide bonds. The molecular weight excluding hydrogens is 573 g/mol. The molecule has 10 heteroatoms. The summed E-state index contributed by atoms with van der Waals surface area (Å²) in [7, 11) is 0. The third kappa shape index (κ3) is 8.46. The molecule has 1 atom stereocenters. The van der Waals surface area contributed by atoms with Crippen molar-refractivity contribution in [1.29, 1.82) is 0 Å². The second-order valence-electron chi connectivity index (χ2n) is 8.32. The molecule has 0 aliphatic heterocycles. The molecule has 1 aromatic heterocycles. The summed E-state index contributed by atoms with van der Waals surface area (Å²) in [4.78, 5) is 39.5. The summed E-state index contributed by atoms with van der Waals surface area (Å²) >= 11 is 14.9. The van der Waals surface area contributed by atoms with Crippen LogP contribution in [-0.4, -0.2) is 23.0 Å². The van der Waals surface area contributed by atoms with Gasteiger partial charge in [0.15, 0.2) is 0 Å². The van der Waals surface area contributed by atoms with Crippen molar-refractivity contribution in [2.75, 3.05) is 10.6 Å². The van der Waals surface area contributed by atoms with Gasteiger partial charge in [0, 0.05) is 31.9 Å². The van der Waals surface area contributed by atoms with Crippen LogP contribution in [0.15, 0.2) is 100 Å². The van der Waals surface area contributed by atoms with Crippen LogP contribution in [0.4, 0.5) is 11.4 Å². The van der Waals surface area contributed by atoms with E-state index in [-0.39, 0.29) is 11.6 Å². The summed E-state index contributed by atoms with van der Waals surface area (Å²) < 4.78 is 0. The molecular formula is C29H23Cl2N3O3S2. The minimum atomic E-state index is -0.476. The third-order valence-electron chi connectivity index (χ3n) is 5.29. The molecule has 3 aromatic carbocycles. The second kappa shape index (κ2) is 13.5. The standard InChI is InChI=1S/C29H23Cl2N3O3S2/c1-18(27(35)33-24-14-21(30)13-22(31)15-24)39-25-9-5-8-23(16-25)32-29(37)26(12-19-10-11-38-17-19)34-28(36)20-6-3-2-4-7-20/h2-18H,1H3,(H,32,37)(H,33,35)(H,34,36)/b26-12-. The van der Waals surface area contributed by atoms with Gasteiger partial charge in [-0.1, -0.05) is 47.5 Å². The number of halogens is 2. The minimum absolute atomic E-state index is 0.105. The Morgan fingerprint density at radius 1 is 0.872 bits per heavy atom. The van der Waals surface area contributed by atoms with Gasteiger partial charge in [-0.2, -0.15) is 11.3 Å². The number of carbonyl (C=O) groups is 3. The lowest BCUT2D eigenvalue weighted by Gasteiger charge is -2.14. The summed E-state index contributed by atoms with van der Waals surface area (Å²) in [6, 6.07) is 22.5. The van der Waals surface area contributed by atoms with Crippen LogP contribution in [0.1, 0.15) is 22.8 Å². The molecule has 0 spiro atoms. The van der Waals surface area contributed by atoms with Crippen LogP contribution in [0, 0.1) is 0 Å². The van der Waals surface area contributed by atoms with Gasteiger partial charge in [-0.25, -0.2) is 0 Å². The first-order valence-corrected chi connectivity index (χ1v) is 14.3. The summed E-state index contributed by atoms with van der Waals surface area (Å²) in [5, 5.41) is 12.5. The van der Waals surface area contributed by atoms with Gasteiger partial charge in [0.25, 0.3) is 11.8 Å². The molecule has 0 fully saturated rings. The molecule has 0 saturated heterocycles. The van der Waals surface area contributed by atoms with Gasteiger partial charge in [0.1, 0.15) is 5.70 Å². The summed E-state index contributed by atoms with van der Waals surface area (Å²) in [5.41, 5.74) is 2.36. The Morgan fingerprint density at radius 2 is 1.62 bits per heavy atom. The average molecular weight is 597 g/mol. The maximum atomic E-state index is 13.2. The zero-order chi connectivity index (χ0) is 27.8. The molecule has 4 aromatic rings. The van der Waals surface area contributed by atoms with Crippen molar-refractivity contribution in [3.8, 4) is 0 Å². The van der Waals surface area contributed by atoms with Gasteiger partial charge in [-0.05, 0) is 83.9 Å². The van der Waals surface area contributed by atoms with Crippen molar-refractivity contribution in [1.82, 2.24) is 5.32 Å². The van der Waals surface area contributed by atoms with E-state index in [1.54, 1.807) is 73.7 Å². The molecule has 4 rings (SSSR count). The SMILES string of the molecule is CC(Sc1cccc(NC(=O)/C(=C/c2ccsc2)NC(=O)c2ccccc2)c1)C(=O)Nc1cc(Cl)cc(Cl)c1. The van der Waals surface area contributed by atoms with Crippen LogP contribution in [0.3, 0.4) is 0 Å². The number of carbonyl (C=O) groups excluding carboxylic acids is 3. The number of hydrogen-bond donors (Lipinski definition) is 3. The molecule has 6 nitrogen and oxygen atoms in total. The first-order chi connectivity index (χ1) is 18.8.